The minimum absolute atomic E-state index is 0.0128. The van der Waals surface area contributed by atoms with Crippen molar-refractivity contribution in [2.75, 3.05) is 6.54 Å². The zero-order chi connectivity index (χ0) is 12.0. The first kappa shape index (κ1) is 10.6. The Hall–Kier alpha value is -1.56. The van der Waals surface area contributed by atoms with E-state index < -0.39 is 10.7 Å². The Labute approximate surface area is 102 Å². The number of thioether (sulfide) groups is 1. The number of aromatic nitrogens is 1. The number of rotatable bonds is 2. The van der Waals surface area contributed by atoms with Gasteiger partial charge in [-0.15, -0.1) is 11.8 Å². The molecule has 1 unspecified atom stereocenters. The molecular formula is C11H10N2O3S. The van der Waals surface area contributed by atoms with Gasteiger partial charge in [0.2, 0.25) is 5.91 Å². The van der Waals surface area contributed by atoms with Crippen molar-refractivity contribution in [3.8, 4) is 0 Å². The maximum atomic E-state index is 11.6. The smallest absolute Gasteiger partial charge is 0.326 e. The molecule has 0 aliphatic carbocycles. The van der Waals surface area contributed by atoms with E-state index in [9.17, 15) is 14.7 Å². The molecule has 0 saturated carbocycles. The molecule has 1 amide bonds. The highest BCUT2D eigenvalue weighted by Gasteiger charge is 2.57. The van der Waals surface area contributed by atoms with Gasteiger partial charge >= 0.3 is 5.97 Å². The first-order valence-electron chi connectivity index (χ1n) is 5.25. The Balaban J connectivity index is 2.02. The molecule has 0 bridgehead atoms. The lowest BCUT2D eigenvalue weighted by atomic mass is 9.98. The number of aliphatic carboxylic acids is 1. The van der Waals surface area contributed by atoms with Crippen LogP contribution in [0.3, 0.4) is 0 Å². The van der Waals surface area contributed by atoms with Gasteiger partial charge < -0.3 is 10.0 Å². The third kappa shape index (κ3) is 1.37. The molecule has 0 aromatic carbocycles. The number of carboxylic acid groups (broad SMARTS) is 1. The molecule has 1 aromatic heterocycles. The van der Waals surface area contributed by atoms with Gasteiger partial charge in [-0.3, -0.25) is 14.6 Å². The Bertz CT molecular complexity index is 493. The summed E-state index contributed by atoms with van der Waals surface area (Å²) in [6.07, 6.45) is 3.62. The van der Waals surface area contributed by atoms with E-state index in [0.29, 0.717) is 12.0 Å². The van der Waals surface area contributed by atoms with Crippen molar-refractivity contribution in [3.05, 3.63) is 30.1 Å². The predicted octanol–water partition coefficient (Wildman–Crippen LogP) is 0.667. The molecule has 2 aliphatic rings. The fraction of sp³-hybridized carbons (Fsp3) is 0.364. The number of carbonyl (C=O) groups is 2. The largest absolute Gasteiger partial charge is 0.480 e. The number of β-lactam (4-membered cyclic amide) rings is 1. The Morgan fingerprint density at radius 2 is 2.47 bits per heavy atom. The van der Waals surface area contributed by atoms with Crippen LogP contribution >= 0.6 is 11.8 Å². The molecule has 1 aromatic rings. The van der Waals surface area contributed by atoms with Gasteiger partial charge in [-0.2, -0.15) is 0 Å². The molecule has 2 aliphatic heterocycles. The third-order valence-electron chi connectivity index (χ3n) is 3.22. The van der Waals surface area contributed by atoms with Crippen LogP contribution in [0.1, 0.15) is 12.0 Å². The summed E-state index contributed by atoms with van der Waals surface area (Å²) >= 11 is 1.34. The van der Waals surface area contributed by atoms with E-state index in [1.165, 1.54) is 11.8 Å². The van der Waals surface area contributed by atoms with E-state index in [-0.39, 0.29) is 17.8 Å². The monoisotopic (exact) mass is 250 g/mol. The van der Waals surface area contributed by atoms with Gasteiger partial charge in [-0.1, -0.05) is 6.07 Å². The van der Waals surface area contributed by atoms with Crippen LogP contribution in [0.5, 0.6) is 0 Å². The van der Waals surface area contributed by atoms with Crippen LogP contribution < -0.4 is 0 Å². The first-order chi connectivity index (χ1) is 8.13. The quantitative estimate of drug-likeness (QED) is 0.781. The van der Waals surface area contributed by atoms with Crippen molar-refractivity contribution in [1.82, 2.24) is 9.88 Å². The van der Waals surface area contributed by atoms with Gasteiger partial charge in [0, 0.05) is 12.4 Å². The van der Waals surface area contributed by atoms with E-state index >= 15 is 0 Å². The predicted molar refractivity (Wildman–Crippen MR) is 61.3 cm³/mol. The van der Waals surface area contributed by atoms with Crippen molar-refractivity contribution in [2.24, 2.45) is 0 Å². The molecule has 88 valence electrons. The summed E-state index contributed by atoms with van der Waals surface area (Å²) in [7, 11) is 0. The van der Waals surface area contributed by atoms with Crippen LogP contribution in [-0.2, 0) is 14.3 Å². The van der Waals surface area contributed by atoms with Crippen LogP contribution in [0.25, 0.3) is 0 Å². The molecular weight excluding hydrogens is 240 g/mol. The second-order valence-corrected chi connectivity index (χ2v) is 5.65. The summed E-state index contributed by atoms with van der Waals surface area (Å²) in [4.78, 5) is 28.5. The number of hydrogen-bond acceptors (Lipinski definition) is 4. The van der Waals surface area contributed by atoms with E-state index in [1.807, 2.05) is 0 Å². The summed E-state index contributed by atoms with van der Waals surface area (Å²) in [6, 6.07) is 3.47. The van der Waals surface area contributed by atoms with Crippen molar-refractivity contribution in [1.29, 1.82) is 0 Å². The molecule has 3 rings (SSSR count). The number of fused-ring (bicyclic) bond motifs is 1. The van der Waals surface area contributed by atoms with Crippen LogP contribution in [0.4, 0.5) is 0 Å². The van der Waals surface area contributed by atoms with E-state index in [0.717, 1.165) is 0 Å². The number of pyridine rings is 1. The highest BCUT2D eigenvalue weighted by molar-refractivity contribution is 8.01. The first-order valence-corrected chi connectivity index (χ1v) is 6.13. The topological polar surface area (TPSA) is 70.5 Å². The van der Waals surface area contributed by atoms with Gasteiger partial charge in [-0.25, -0.2) is 0 Å². The minimum atomic E-state index is -1.05. The maximum Gasteiger partial charge on any atom is 0.326 e. The van der Waals surface area contributed by atoms with Crippen LogP contribution in [-0.4, -0.2) is 38.8 Å². The lowest BCUT2D eigenvalue weighted by Gasteiger charge is -2.32. The normalized spacial score (nSPS) is 30.9. The van der Waals surface area contributed by atoms with Crippen molar-refractivity contribution < 1.29 is 14.7 Å². The SMILES string of the molecule is O=C1C[C@H]2SC(C(=O)O)(c3cccnc3)CN12. The molecule has 0 radical (unpaired) electrons. The lowest BCUT2D eigenvalue weighted by Crippen LogP contribution is -2.48. The molecule has 2 fully saturated rings. The van der Waals surface area contributed by atoms with Crippen LogP contribution in [0.15, 0.2) is 24.5 Å². The van der Waals surface area contributed by atoms with Crippen LogP contribution in [0.2, 0.25) is 0 Å². The zero-order valence-corrected chi connectivity index (χ0v) is 9.68. The summed E-state index contributed by atoms with van der Waals surface area (Å²) in [6.45, 7) is 0.238. The average molecular weight is 250 g/mol. The van der Waals surface area contributed by atoms with Crippen LogP contribution in [0, 0.1) is 0 Å². The molecule has 2 saturated heterocycles. The molecule has 2 atom stereocenters. The summed E-state index contributed by atoms with van der Waals surface area (Å²) in [5.41, 5.74) is 0.653. The molecule has 3 heterocycles. The Morgan fingerprint density at radius 3 is 3.00 bits per heavy atom. The summed E-state index contributed by atoms with van der Waals surface area (Å²) in [5, 5.41) is 9.49. The maximum absolute atomic E-state index is 11.6. The molecule has 17 heavy (non-hydrogen) atoms. The molecule has 6 heteroatoms. The number of carboxylic acids is 1. The Kier molecular flexibility index (Phi) is 2.16. The highest BCUT2D eigenvalue weighted by Crippen LogP contribution is 2.52. The number of amides is 1. The molecule has 5 nitrogen and oxygen atoms in total. The highest BCUT2D eigenvalue weighted by atomic mass is 32.2. The van der Waals surface area contributed by atoms with E-state index in [4.69, 9.17) is 0 Å². The fourth-order valence-corrected chi connectivity index (χ4v) is 3.81. The molecule has 0 spiro atoms. The van der Waals surface area contributed by atoms with Gasteiger partial charge in [0.25, 0.3) is 0 Å². The van der Waals surface area contributed by atoms with Gasteiger partial charge in [-0.05, 0) is 11.6 Å². The fourth-order valence-electron chi connectivity index (χ4n) is 2.23. The number of hydrogen-bond donors (Lipinski definition) is 1. The van der Waals surface area contributed by atoms with Crippen molar-refractivity contribution >= 4 is 23.6 Å². The second-order valence-electron chi connectivity index (χ2n) is 4.17. The zero-order valence-electron chi connectivity index (χ0n) is 8.87. The van der Waals surface area contributed by atoms with Crippen molar-refractivity contribution in [2.45, 2.75) is 16.5 Å². The van der Waals surface area contributed by atoms with Crippen molar-refractivity contribution in [3.63, 3.8) is 0 Å². The molecule has 1 N–H and O–H groups in total. The summed E-state index contributed by atoms with van der Waals surface area (Å²) < 4.78 is -1.05. The lowest BCUT2D eigenvalue weighted by molar-refractivity contribution is -0.144. The second kappa shape index (κ2) is 3.46. The number of carbonyl (C=O) groups excluding carboxylic acids is 1. The summed E-state index contributed by atoms with van der Waals surface area (Å²) in [5.74, 6) is -0.868. The minimum Gasteiger partial charge on any atom is -0.480 e. The third-order valence-corrected chi connectivity index (χ3v) is 4.86. The average Bonchev–Trinajstić information content (AvgIpc) is 2.65. The standard InChI is InChI=1S/C11H10N2O3S/c14-8-4-9-13(8)6-11(17-9,10(15)16)7-2-1-3-12-5-7/h1-3,5,9H,4,6H2,(H,15,16)/t9-,11?/m1/s1. The van der Waals surface area contributed by atoms with Gasteiger partial charge in [0.05, 0.1) is 18.3 Å². The number of nitrogens with zero attached hydrogens (tertiary/aromatic N) is 2. The van der Waals surface area contributed by atoms with E-state index in [2.05, 4.69) is 4.98 Å². The van der Waals surface area contributed by atoms with E-state index in [1.54, 1.807) is 29.4 Å². The van der Waals surface area contributed by atoms with Gasteiger partial charge in [0.1, 0.15) is 0 Å². The van der Waals surface area contributed by atoms with Gasteiger partial charge in [0.15, 0.2) is 4.75 Å². The Morgan fingerprint density at radius 1 is 1.65 bits per heavy atom.